The van der Waals surface area contributed by atoms with Gasteiger partial charge in [0.25, 0.3) is 0 Å². The Morgan fingerprint density at radius 2 is 1.56 bits per heavy atom. The van der Waals surface area contributed by atoms with E-state index < -0.39 is 0 Å². The van der Waals surface area contributed by atoms with Crippen LogP contribution in [0, 0.1) is 5.92 Å². The molecule has 3 heteroatoms. The van der Waals surface area contributed by atoms with E-state index in [4.69, 9.17) is 16.7 Å². The monoisotopic (exact) mass is 344 g/mol. The highest BCUT2D eigenvalue weighted by Crippen LogP contribution is 2.48. The molecule has 1 heterocycles. The molecule has 3 aromatic rings. The van der Waals surface area contributed by atoms with Crippen LogP contribution in [0.4, 0.5) is 5.69 Å². The number of hydrazone groups is 1. The van der Waals surface area contributed by atoms with Crippen LogP contribution in [0.1, 0.15) is 22.7 Å². The largest absolute Gasteiger partial charge is 0.257 e. The summed E-state index contributed by atoms with van der Waals surface area (Å²) < 4.78 is 0. The molecule has 5 rings (SSSR count). The summed E-state index contributed by atoms with van der Waals surface area (Å²) in [6.07, 6.45) is 1.04. The molecule has 0 amide bonds. The number of hydrogen-bond donors (Lipinski definition) is 0. The van der Waals surface area contributed by atoms with Crippen LogP contribution < -0.4 is 5.01 Å². The van der Waals surface area contributed by atoms with Gasteiger partial charge in [0.15, 0.2) is 0 Å². The summed E-state index contributed by atoms with van der Waals surface area (Å²) in [6, 6.07) is 27.5. The minimum Gasteiger partial charge on any atom is -0.257 e. The Balaban J connectivity index is 1.65. The zero-order valence-corrected chi connectivity index (χ0v) is 14.4. The third-order valence-electron chi connectivity index (χ3n) is 5.19. The maximum Gasteiger partial charge on any atom is 0.0865 e. The third kappa shape index (κ3) is 2.37. The average Bonchev–Trinajstić information content (AvgIpc) is 3.20. The fourth-order valence-corrected chi connectivity index (χ4v) is 4.19. The molecule has 1 aliphatic heterocycles. The Bertz CT molecular complexity index is 947. The first-order valence-corrected chi connectivity index (χ1v) is 8.95. The lowest BCUT2D eigenvalue weighted by molar-refractivity contribution is 0.597. The highest BCUT2D eigenvalue weighted by Gasteiger charge is 2.44. The Kier molecular flexibility index (Phi) is 3.39. The second-order valence-electron chi connectivity index (χ2n) is 6.63. The van der Waals surface area contributed by atoms with Crippen molar-refractivity contribution in [2.24, 2.45) is 11.0 Å². The maximum absolute atomic E-state index is 6.08. The van der Waals surface area contributed by atoms with Gasteiger partial charge in [-0.15, -0.1) is 0 Å². The van der Waals surface area contributed by atoms with Crippen LogP contribution >= 0.6 is 11.6 Å². The fourth-order valence-electron chi connectivity index (χ4n) is 4.07. The predicted molar refractivity (Wildman–Crippen MR) is 103 cm³/mol. The van der Waals surface area contributed by atoms with Crippen LogP contribution in [0.25, 0.3) is 0 Å². The first kappa shape index (κ1) is 14.7. The second kappa shape index (κ2) is 5.75. The van der Waals surface area contributed by atoms with Crippen LogP contribution in [0.5, 0.6) is 0 Å². The molecule has 3 aromatic carbocycles. The van der Waals surface area contributed by atoms with Gasteiger partial charge in [-0.05, 0) is 47.4 Å². The van der Waals surface area contributed by atoms with Crippen molar-refractivity contribution < 1.29 is 0 Å². The van der Waals surface area contributed by atoms with Crippen molar-refractivity contribution in [3.63, 3.8) is 0 Å². The van der Waals surface area contributed by atoms with Crippen molar-refractivity contribution in [2.75, 3.05) is 5.01 Å². The van der Waals surface area contributed by atoms with E-state index in [1.54, 1.807) is 0 Å². The normalized spacial score (nSPS) is 21.0. The van der Waals surface area contributed by atoms with Crippen molar-refractivity contribution in [1.29, 1.82) is 0 Å². The summed E-state index contributed by atoms with van der Waals surface area (Å²) in [4.78, 5) is 0. The molecule has 0 saturated heterocycles. The van der Waals surface area contributed by atoms with Gasteiger partial charge in [-0.1, -0.05) is 66.2 Å². The van der Waals surface area contributed by atoms with Crippen LogP contribution in [0.15, 0.2) is 84.0 Å². The van der Waals surface area contributed by atoms with Crippen molar-refractivity contribution in [2.45, 2.75) is 12.5 Å². The SMILES string of the molecule is Clc1ccc(N2N=C(c3ccccc3)C3Cc4ccccc4C32)cc1. The summed E-state index contributed by atoms with van der Waals surface area (Å²) in [5.74, 6) is 0.385. The van der Waals surface area contributed by atoms with E-state index >= 15 is 0 Å². The summed E-state index contributed by atoms with van der Waals surface area (Å²) in [7, 11) is 0. The molecule has 2 unspecified atom stereocenters. The number of anilines is 1. The number of nitrogens with zero attached hydrogens (tertiary/aromatic N) is 2. The number of halogens is 1. The van der Waals surface area contributed by atoms with E-state index in [-0.39, 0.29) is 6.04 Å². The fraction of sp³-hybridized carbons (Fsp3) is 0.136. The summed E-state index contributed by atoms with van der Waals surface area (Å²) >= 11 is 6.08. The molecule has 0 radical (unpaired) electrons. The van der Waals surface area contributed by atoms with Gasteiger partial charge in [0.05, 0.1) is 17.4 Å². The maximum atomic E-state index is 6.08. The Labute approximate surface area is 152 Å². The quantitative estimate of drug-likeness (QED) is 0.601. The van der Waals surface area contributed by atoms with E-state index in [9.17, 15) is 0 Å². The number of benzene rings is 3. The molecule has 2 aliphatic rings. The van der Waals surface area contributed by atoms with E-state index in [0.717, 1.165) is 17.1 Å². The Morgan fingerprint density at radius 3 is 2.36 bits per heavy atom. The first-order valence-electron chi connectivity index (χ1n) is 8.58. The zero-order chi connectivity index (χ0) is 16.8. The van der Waals surface area contributed by atoms with E-state index in [1.165, 1.54) is 22.4 Å². The van der Waals surface area contributed by atoms with Crippen molar-refractivity contribution in [3.05, 3.63) is 101 Å². The van der Waals surface area contributed by atoms with E-state index in [1.807, 2.05) is 12.1 Å². The number of rotatable bonds is 2. The van der Waals surface area contributed by atoms with Crippen LogP contribution in [0.2, 0.25) is 5.02 Å². The zero-order valence-electron chi connectivity index (χ0n) is 13.6. The Morgan fingerprint density at radius 1 is 0.840 bits per heavy atom. The standard InChI is InChI=1S/C22H17ClN2/c23-17-10-12-18(13-11-17)25-22-19-9-5-4-8-16(19)14-20(22)21(24-25)15-6-2-1-3-7-15/h1-13,20,22H,14H2. The molecule has 0 bridgehead atoms. The smallest absolute Gasteiger partial charge is 0.0865 e. The predicted octanol–water partition coefficient (Wildman–Crippen LogP) is 5.48. The van der Waals surface area contributed by atoms with Gasteiger partial charge in [-0.2, -0.15) is 5.10 Å². The molecule has 0 saturated carbocycles. The second-order valence-corrected chi connectivity index (χ2v) is 7.06. The number of hydrogen-bond acceptors (Lipinski definition) is 2. The molecule has 2 atom stereocenters. The molecule has 1 aliphatic carbocycles. The minimum absolute atomic E-state index is 0.257. The van der Waals surface area contributed by atoms with Crippen LogP contribution in [-0.4, -0.2) is 5.71 Å². The molecule has 0 fully saturated rings. The molecule has 2 nitrogen and oxygen atoms in total. The molecule has 25 heavy (non-hydrogen) atoms. The third-order valence-corrected chi connectivity index (χ3v) is 5.44. The summed E-state index contributed by atoms with van der Waals surface area (Å²) in [5, 5.41) is 7.97. The lowest BCUT2D eigenvalue weighted by Crippen LogP contribution is -2.22. The van der Waals surface area contributed by atoms with E-state index in [2.05, 4.69) is 71.7 Å². The lowest BCUT2D eigenvalue weighted by atomic mass is 9.92. The van der Waals surface area contributed by atoms with Gasteiger partial charge >= 0.3 is 0 Å². The molecule has 0 spiro atoms. The van der Waals surface area contributed by atoms with E-state index in [0.29, 0.717) is 5.92 Å². The van der Waals surface area contributed by atoms with Gasteiger partial charge in [0, 0.05) is 10.9 Å². The van der Waals surface area contributed by atoms with Crippen molar-refractivity contribution in [3.8, 4) is 0 Å². The van der Waals surface area contributed by atoms with Gasteiger partial charge in [0.1, 0.15) is 0 Å². The average molecular weight is 345 g/mol. The summed E-state index contributed by atoms with van der Waals surface area (Å²) in [6.45, 7) is 0. The topological polar surface area (TPSA) is 15.6 Å². The first-order chi connectivity index (χ1) is 12.3. The van der Waals surface area contributed by atoms with Crippen molar-refractivity contribution >= 4 is 23.0 Å². The highest BCUT2D eigenvalue weighted by molar-refractivity contribution is 6.30. The Hall–Kier alpha value is -2.58. The molecule has 0 N–H and O–H groups in total. The van der Waals surface area contributed by atoms with Crippen LogP contribution in [0.3, 0.4) is 0 Å². The van der Waals surface area contributed by atoms with Gasteiger partial charge in [0.2, 0.25) is 0 Å². The molecule has 122 valence electrons. The number of fused-ring (bicyclic) bond motifs is 3. The lowest BCUT2D eigenvalue weighted by Gasteiger charge is -2.24. The van der Waals surface area contributed by atoms with Crippen LogP contribution in [-0.2, 0) is 6.42 Å². The van der Waals surface area contributed by atoms with Gasteiger partial charge in [-0.25, -0.2) is 0 Å². The molecular formula is C22H17ClN2. The van der Waals surface area contributed by atoms with Gasteiger partial charge in [-0.3, -0.25) is 5.01 Å². The molecular weight excluding hydrogens is 328 g/mol. The minimum atomic E-state index is 0.257. The highest BCUT2D eigenvalue weighted by atomic mass is 35.5. The molecule has 0 aromatic heterocycles. The summed E-state index contributed by atoms with van der Waals surface area (Å²) in [5.41, 5.74) is 6.29. The van der Waals surface area contributed by atoms with Crippen molar-refractivity contribution in [1.82, 2.24) is 0 Å². The van der Waals surface area contributed by atoms with Gasteiger partial charge < -0.3 is 0 Å².